The van der Waals surface area contributed by atoms with Gasteiger partial charge in [-0.2, -0.15) is 15.6 Å². The lowest BCUT2D eigenvalue weighted by Gasteiger charge is -2.26. The molecule has 0 saturated heterocycles. The van der Waals surface area contributed by atoms with Gasteiger partial charge in [0.25, 0.3) is 11.5 Å². The molecule has 0 aliphatic rings. The van der Waals surface area contributed by atoms with E-state index in [-0.39, 0.29) is 22.6 Å². The van der Waals surface area contributed by atoms with E-state index in [0.717, 1.165) is 4.57 Å². The molecule has 0 aliphatic heterocycles. The van der Waals surface area contributed by atoms with E-state index in [2.05, 4.69) is 37.2 Å². The summed E-state index contributed by atoms with van der Waals surface area (Å²) >= 11 is 0. The van der Waals surface area contributed by atoms with Gasteiger partial charge in [-0.1, -0.05) is 18.1 Å². The van der Waals surface area contributed by atoms with Gasteiger partial charge < -0.3 is 14.9 Å². The lowest BCUT2D eigenvalue weighted by atomic mass is 9.78. The first-order chi connectivity index (χ1) is 17.3. The van der Waals surface area contributed by atoms with Crippen LogP contribution in [0.5, 0.6) is 5.75 Å². The molecular weight excluding hydrogens is 464 g/mol. The van der Waals surface area contributed by atoms with Crippen LogP contribution in [0, 0.1) is 22.7 Å². The predicted molar refractivity (Wildman–Crippen MR) is 125 cm³/mol. The van der Waals surface area contributed by atoms with Crippen molar-refractivity contribution < 1.29 is 14.4 Å². The molecule has 2 atom stereocenters. The molecule has 36 heavy (non-hydrogen) atoms. The summed E-state index contributed by atoms with van der Waals surface area (Å²) in [5.41, 5.74) is 0.573. The first-order valence-corrected chi connectivity index (χ1v) is 10.7. The third-order valence-electron chi connectivity index (χ3n) is 5.86. The van der Waals surface area contributed by atoms with Gasteiger partial charge in [-0.25, -0.2) is 4.98 Å². The Kier molecular flexibility index (Phi) is 6.35. The number of anilines is 1. The highest BCUT2D eigenvalue weighted by Gasteiger charge is 2.33. The summed E-state index contributed by atoms with van der Waals surface area (Å²) in [6.45, 7) is 1.76. The maximum Gasteiger partial charge on any atom is 0.296 e. The molecule has 0 fully saturated rings. The van der Waals surface area contributed by atoms with E-state index < -0.39 is 34.7 Å². The number of nitriles is 2. The van der Waals surface area contributed by atoms with Crippen molar-refractivity contribution in [1.29, 1.82) is 10.5 Å². The van der Waals surface area contributed by atoms with Crippen molar-refractivity contribution in [3.8, 4) is 17.9 Å². The maximum absolute atomic E-state index is 12.9. The number of benzene rings is 1. The van der Waals surface area contributed by atoms with Gasteiger partial charge in [0.15, 0.2) is 5.69 Å². The first-order valence-electron chi connectivity index (χ1n) is 10.7. The fraction of sp³-hybridized carbons (Fsp3) is 0.208. The van der Waals surface area contributed by atoms with E-state index in [0.29, 0.717) is 11.1 Å². The number of aromatic nitrogens is 5. The van der Waals surface area contributed by atoms with Crippen molar-refractivity contribution in [2.24, 2.45) is 14.1 Å². The molecule has 1 amide bonds. The smallest absolute Gasteiger partial charge is 0.296 e. The molecule has 3 aromatic heterocycles. The highest BCUT2D eigenvalue weighted by atomic mass is 16.5. The Labute approximate surface area is 204 Å². The number of amides is 1. The van der Waals surface area contributed by atoms with Crippen LogP contribution in [0.4, 0.5) is 5.69 Å². The number of aryl methyl sites for hydroxylation is 1. The van der Waals surface area contributed by atoms with Crippen molar-refractivity contribution in [1.82, 2.24) is 24.5 Å². The van der Waals surface area contributed by atoms with Crippen molar-refractivity contribution in [3.05, 3.63) is 87.2 Å². The average Bonchev–Trinajstić information content (AvgIpc) is 3.54. The first kappa shape index (κ1) is 23.9. The summed E-state index contributed by atoms with van der Waals surface area (Å²) < 4.78 is 7.41. The van der Waals surface area contributed by atoms with Crippen LogP contribution < -0.4 is 10.9 Å². The third kappa shape index (κ3) is 4.19. The molecule has 0 unspecified atom stereocenters. The molecule has 1 aromatic carbocycles. The van der Waals surface area contributed by atoms with E-state index in [1.54, 1.807) is 49.2 Å². The Bertz CT molecular complexity index is 1560. The quantitative estimate of drug-likeness (QED) is 0.415. The summed E-state index contributed by atoms with van der Waals surface area (Å²) in [5, 5.41) is 40.2. The Morgan fingerprint density at radius 3 is 2.44 bits per heavy atom. The lowest BCUT2D eigenvalue weighted by Crippen LogP contribution is -2.29. The van der Waals surface area contributed by atoms with Gasteiger partial charge >= 0.3 is 0 Å². The minimum Gasteiger partial charge on any atom is -0.501 e. The van der Waals surface area contributed by atoms with Crippen LogP contribution in [0.15, 0.2) is 52.4 Å². The van der Waals surface area contributed by atoms with Crippen LogP contribution in [0.2, 0.25) is 0 Å². The number of carbonyl (C=O) groups excluding carboxylic acids is 1. The van der Waals surface area contributed by atoms with Gasteiger partial charge in [-0.15, -0.1) is 0 Å². The topological polar surface area (TPSA) is 176 Å². The van der Waals surface area contributed by atoms with Crippen LogP contribution >= 0.6 is 0 Å². The van der Waals surface area contributed by atoms with E-state index in [1.165, 1.54) is 19.5 Å². The number of rotatable bonds is 6. The third-order valence-corrected chi connectivity index (χ3v) is 5.86. The molecule has 3 heterocycles. The molecule has 4 aromatic rings. The fourth-order valence-electron chi connectivity index (χ4n) is 4.18. The Morgan fingerprint density at radius 2 is 1.89 bits per heavy atom. The van der Waals surface area contributed by atoms with E-state index in [1.807, 2.05) is 0 Å². The molecule has 12 heteroatoms. The number of carbonyl (C=O) groups is 1. The zero-order valence-electron chi connectivity index (χ0n) is 19.5. The second kappa shape index (κ2) is 9.56. The van der Waals surface area contributed by atoms with Crippen molar-refractivity contribution in [2.75, 3.05) is 5.32 Å². The number of hydrogen-bond acceptors (Lipinski definition) is 9. The van der Waals surface area contributed by atoms with Crippen LogP contribution in [0.1, 0.15) is 57.3 Å². The summed E-state index contributed by atoms with van der Waals surface area (Å²) in [6.07, 6.45) is 5.78. The molecule has 0 saturated carbocycles. The highest BCUT2D eigenvalue weighted by Crippen LogP contribution is 2.40. The van der Waals surface area contributed by atoms with Gasteiger partial charge in [0.2, 0.25) is 5.75 Å². The van der Waals surface area contributed by atoms with Crippen LogP contribution in [-0.2, 0) is 14.1 Å². The Hall–Kier alpha value is -5.23. The van der Waals surface area contributed by atoms with Gasteiger partial charge in [0.1, 0.15) is 17.8 Å². The molecule has 180 valence electrons. The molecule has 2 N–H and O–H groups in total. The van der Waals surface area contributed by atoms with Crippen molar-refractivity contribution in [3.63, 3.8) is 0 Å². The van der Waals surface area contributed by atoms with E-state index in [9.17, 15) is 25.2 Å². The fourth-order valence-corrected chi connectivity index (χ4v) is 4.18. The molecule has 0 aliphatic carbocycles. The van der Waals surface area contributed by atoms with Gasteiger partial charge in [-0.3, -0.25) is 18.8 Å². The highest BCUT2D eigenvalue weighted by molar-refractivity contribution is 6.04. The minimum absolute atomic E-state index is 0.152. The number of aromatic hydroxyl groups is 1. The van der Waals surface area contributed by atoms with Crippen LogP contribution in [0.25, 0.3) is 0 Å². The lowest BCUT2D eigenvalue weighted by molar-refractivity contribution is 0.101. The summed E-state index contributed by atoms with van der Waals surface area (Å²) in [4.78, 5) is 30.1. The zero-order chi connectivity index (χ0) is 26.0. The van der Waals surface area contributed by atoms with Gasteiger partial charge in [0, 0.05) is 32.1 Å². The summed E-state index contributed by atoms with van der Waals surface area (Å²) in [7, 11) is 3.15. The van der Waals surface area contributed by atoms with E-state index >= 15 is 0 Å². The number of nitrogens with zero attached hydrogens (tertiary/aromatic N) is 7. The van der Waals surface area contributed by atoms with Crippen molar-refractivity contribution in [2.45, 2.75) is 18.8 Å². The average molecular weight is 484 g/mol. The summed E-state index contributed by atoms with van der Waals surface area (Å²) in [5.74, 6) is -2.79. The molecular formula is C24H20N8O4. The number of hydrogen-bond donors (Lipinski definition) is 2. The Balaban J connectivity index is 1.91. The largest absolute Gasteiger partial charge is 0.501 e. The standard InChI is InChI=1S/C24H20N8O4/c1-13(18(16-9-27-31(2)11-16)19-14(7-25)5-4-6-15(19)8-26)22-30-20(21(33)24(35)32(22)3)23(34)29-17-10-28-36-12-17/h4-6,9-13,18,33H,1-3H3,(H,29,34)/t13-,18-/m1/s1. The maximum atomic E-state index is 12.9. The molecule has 4 rings (SSSR count). The molecule has 0 radical (unpaired) electrons. The van der Waals surface area contributed by atoms with Crippen molar-refractivity contribution >= 4 is 11.6 Å². The second-order valence-corrected chi connectivity index (χ2v) is 8.10. The number of nitrogens with one attached hydrogen (secondary N) is 1. The van der Waals surface area contributed by atoms with Gasteiger partial charge in [-0.05, 0) is 23.3 Å². The summed E-state index contributed by atoms with van der Waals surface area (Å²) in [6, 6.07) is 9.10. The minimum atomic E-state index is -0.838. The zero-order valence-corrected chi connectivity index (χ0v) is 19.5. The normalized spacial score (nSPS) is 12.4. The SMILES string of the molecule is C[C@@H](c1nc(C(=O)Nc2cnoc2)c(O)c(=O)n1C)[C@H](c1cnn(C)c1)c1c(C#N)cccc1C#N. The molecule has 0 spiro atoms. The van der Waals surface area contributed by atoms with Crippen LogP contribution in [-0.4, -0.2) is 35.5 Å². The Morgan fingerprint density at radius 1 is 1.19 bits per heavy atom. The monoisotopic (exact) mass is 484 g/mol. The second-order valence-electron chi connectivity index (χ2n) is 8.10. The molecule has 0 bridgehead atoms. The predicted octanol–water partition coefficient (Wildman–Crippen LogP) is 2.14. The van der Waals surface area contributed by atoms with Gasteiger partial charge in [0.05, 0.1) is 35.7 Å². The molecule has 12 nitrogen and oxygen atoms in total. The van der Waals surface area contributed by atoms with Crippen LogP contribution in [0.3, 0.4) is 0 Å². The van der Waals surface area contributed by atoms with E-state index in [4.69, 9.17) is 0 Å².